The predicted octanol–water partition coefficient (Wildman–Crippen LogP) is 3.39. The summed E-state index contributed by atoms with van der Waals surface area (Å²) in [5.41, 5.74) is 10.6. The van der Waals surface area contributed by atoms with E-state index in [2.05, 4.69) is 24.1 Å². The average Bonchev–Trinajstić information content (AvgIpc) is 2.53. The molecule has 1 aliphatic carbocycles. The lowest BCUT2D eigenvalue weighted by Gasteiger charge is -2.47. The number of nitrogens with two attached hydrogens (primary N) is 1. The van der Waals surface area contributed by atoms with Crippen molar-refractivity contribution < 1.29 is 4.79 Å². The van der Waals surface area contributed by atoms with E-state index in [1.165, 1.54) is 61.6 Å². The van der Waals surface area contributed by atoms with Crippen molar-refractivity contribution in [2.24, 2.45) is 5.73 Å². The van der Waals surface area contributed by atoms with Crippen molar-refractivity contribution >= 4 is 5.91 Å². The summed E-state index contributed by atoms with van der Waals surface area (Å²) in [6.07, 6.45) is 10.9. The summed E-state index contributed by atoms with van der Waals surface area (Å²) < 4.78 is 0. The van der Waals surface area contributed by atoms with Gasteiger partial charge >= 0.3 is 0 Å². The smallest absolute Gasteiger partial charge is 0.249 e. The summed E-state index contributed by atoms with van der Waals surface area (Å²) in [7, 11) is 2.28. The summed E-state index contributed by atoms with van der Waals surface area (Å²) in [6.45, 7) is 0. The van der Waals surface area contributed by atoms with Crippen LogP contribution in [0.5, 0.6) is 0 Å². The number of carbonyl (C=O) groups is 1. The largest absolute Gasteiger partial charge is 0.366 e. The van der Waals surface area contributed by atoms with Gasteiger partial charge in [0.2, 0.25) is 5.91 Å². The number of hydrogen-bond donors (Lipinski definition) is 1. The Bertz CT molecular complexity index is 610. The number of aryl methyl sites for hydroxylation is 1. The molecule has 1 aromatic carbocycles. The minimum Gasteiger partial charge on any atom is -0.366 e. The molecule has 0 aromatic heterocycles. The highest BCUT2D eigenvalue weighted by Crippen LogP contribution is 2.42. The van der Waals surface area contributed by atoms with Crippen LogP contribution in [-0.4, -0.2) is 29.9 Å². The average molecular weight is 312 g/mol. The van der Waals surface area contributed by atoms with Gasteiger partial charge < -0.3 is 10.6 Å². The summed E-state index contributed by atoms with van der Waals surface area (Å²) >= 11 is 0. The molecule has 2 heterocycles. The van der Waals surface area contributed by atoms with Crippen LogP contribution in [-0.2, 0) is 12.8 Å². The highest BCUT2D eigenvalue weighted by molar-refractivity contribution is 5.96. The molecule has 1 amide bonds. The van der Waals surface area contributed by atoms with Gasteiger partial charge in [0.25, 0.3) is 0 Å². The molecule has 2 N–H and O–H groups in total. The van der Waals surface area contributed by atoms with E-state index < -0.39 is 0 Å². The molecule has 3 aliphatic rings. The van der Waals surface area contributed by atoms with Gasteiger partial charge in [0.15, 0.2) is 0 Å². The van der Waals surface area contributed by atoms with E-state index >= 15 is 0 Å². The third-order valence-electron chi connectivity index (χ3n) is 6.59. The van der Waals surface area contributed by atoms with Crippen LogP contribution < -0.4 is 5.73 Å². The summed E-state index contributed by atoms with van der Waals surface area (Å²) in [4.78, 5) is 14.8. The van der Waals surface area contributed by atoms with E-state index in [-0.39, 0.29) is 5.91 Å². The molecule has 2 aliphatic heterocycles. The van der Waals surface area contributed by atoms with Crippen molar-refractivity contribution in [3.05, 3.63) is 34.4 Å². The first-order valence-electron chi connectivity index (χ1n) is 9.31. The Balaban J connectivity index is 1.73. The van der Waals surface area contributed by atoms with Gasteiger partial charge in [0, 0.05) is 17.6 Å². The van der Waals surface area contributed by atoms with Gasteiger partial charge in [-0.15, -0.1) is 0 Å². The van der Waals surface area contributed by atoms with Crippen LogP contribution in [0.3, 0.4) is 0 Å². The highest BCUT2D eigenvalue weighted by atomic mass is 16.1. The Morgan fingerprint density at radius 3 is 2.48 bits per heavy atom. The molecular formula is C20H28N2O. The third kappa shape index (κ3) is 2.59. The number of rotatable bonds is 2. The minimum absolute atomic E-state index is 0.206. The molecule has 23 heavy (non-hydrogen) atoms. The number of benzene rings is 1. The Hall–Kier alpha value is -1.35. The number of primary amides is 1. The number of hydrogen-bond acceptors (Lipinski definition) is 2. The molecule has 3 nitrogen and oxygen atoms in total. The Morgan fingerprint density at radius 1 is 1.09 bits per heavy atom. The zero-order valence-corrected chi connectivity index (χ0v) is 14.2. The molecule has 124 valence electrons. The number of piperidine rings is 2. The minimum atomic E-state index is -0.206. The highest BCUT2D eigenvalue weighted by Gasteiger charge is 2.38. The number of fused-ring (bicyclic) bond motifs is 3. The van der Waals surface area contributed by atoms with Gasteiger partial charge in [-0.3, -0.25) is 4.79 Å². The molecule has 2 bridgehead atoms. The fourth-order valence-corrected chi connectivity index (χ4v) is 5.35. The summed E-state index contributed by atoms with van der Waals surface area (Å²) in [6, 6.07) is 5.88. The maximum atomic E-state index is 12.3. The maximum absolute atomic E-state index is 12.3. The van der Waals surface area contributed by atoms with Crippen LogP contribution in [0.25, 0.3) is 0 Å². The van der Waals surface area contributed by atoms with Crippen LogP contribution in [0, 0.1) is 0 Å². The third-order valence-corrected chi connectivity index (χ3v) is 6.59. The van der Waals surface area contributed by atoms with E-state index in [1.807, 2.05) is 0 Å². The van der Waals surface area contributed by atoms with E-state index in [1.54, 1.807) is 0 Å². The second-order valence-electron chi connectivity index (χ2n) is 7.81. The van der Waals surface area contributed by atoms with Gasteiger partial charge in [0.1, 0.15) is 0 Å². The van der Waals surface area contributed by atoms with Crippen molar-refractivity contribution in [1.29, 1.82) is 0 Å². The molecule has 0 radical (unpaired) electrons. The molecule has 3 heteroatoms. The van der Waals surface area contributed by atoms with E-state index in [0.717, 1.165) is 18.4 Å². The monoisotopic (exact) mass is 312 g/mol. The van der Waals surface area contributed by atoms with E-state index in [4.69, 9.17) is 5.73 Å². The predicted molar refractivity (Wildman–Crippen MR) is 92.8 cm³/mol. The summed E-state index contributed by atoms with van der Waals surface area (Å²) in [5, 5.41) is 0. The fraction of sp³-hybridized carbons (Fsp3) is 0.650. The van der Waals surface area contributed by atoms with E-state index in [9.17, 15) is 4.79 Å². The molecule has 0 spiro atoms. The fourth-order valence-electron chi connectivity index (χ4n) is 5.35. The van der Waals surface area contributed by atoms with Gasteiger partial charge in [-0.25, -0.2) is 0 Å². The Kier molecular flexibility index (Phi) is 3.92. The van der Waals surface area contributed by atoms with Crippen molar-refractivity contribution in [3.8, 4) is 0 Å². The van der Waals surface area contributed by atoms with Crippen LogP contribution >= 0.6 is 0 Å². The SMILES string of the molecule is CN1C2CCCC1CC(c1ccc3c(c1C(N)=O)CCCC3)C2. The molecule has 1 aromatic rings. The summed E-state index contributed by atoms with van der Waals surface area (Å²) in [5.74, 6) is 0.305. The van der Waals surface area contributed by atoms with E-state index in [0.29, 0.717) is 18.0 Å². The first-order chi connectivity index (χ1) is 11.1. The van der Waals surface area contributed by atoms with Crippen molar-refractivity contribution in [2.45, 2.75) is 75.8 Å². The molecule has 2 unspecified atom stereocenters. The first-order valence-corrected chi connectivity index (χ1v) is 9.31. The Morgan fingerprint density at radius 2 is 1.78 bits per heavy atom. The molecule has 2 atom stereocenters. The van der Waals surface area contributed by atoms with Crippen molar-refractivity contribution in [1.82, 2.24) is 4.90 Å². The molecule has 0 saturated carbocycles. The van der Waals surface area contributed by atoms with Crippen molar-refractivity contribution in [3.63, 3.8) is 0 Å². The lowest BCUT2D eigenvalue weighted by atomic mass is 9.73. The zero-order chi connectivity index (χ0) is 16.0. The van der Waals surface area contributed by atoms with Gasteiger partial charge in [-0.2, -0.15) is 0 Å². The van der Waals surface area contributed by atoms with Gasteiger partial charge in [-0.05, 0) is 81.0 Å². The topological polar surface area (TPSA) is 46.3 Å². The van der Waals surface area contributed by atoms with Crippen LogP contribution in [0.4, 0.5) is 0 Å². The van der Waals surface area contributed by atoms with Gasteiger partial charge in [-0.1, -0.05) is 18.6 Å². The number of nitrogens with zero attached hydrogens (tertiary/aromatic N) is 1. The maximum Gasteiger partial charge on any atom is 0.249 e. The number of carbonyl (C=O) groups excluding carboxylic acids is 1. The van der Waals surface area contributed by atoms with Gasteiger partial charge in [0.05, 0.1) is 0 Å². The lowest BCUT2D eigenvalue weighted by Crippen LogP contribution is -2.49. The molecule has 2 fully saturated rings. The zero-order valence-electron chi connectivity index (χ0n) is 14.2. The first kappa shape index (κ1) is 15.2. The van der Waals surface area contributed by atoms with Crippen molar-refractivity contribution in [2.75, 3.05) is 7.05 Å². The van der Waals surface area contributed by atoms with Crippen LogP contribution in [0.15, 0.2) is 12.1 Å². The molecular weight excluding hydrogens is 284 g/mol. The quantitative estimate of drug-likeness (QED) is 0.910. The number of amides is 1. The lowest BCUT2D eigenvalue weighted by molar-refractivity contribution is 0.0552. The second kappa shape index (κ2) is 5.94. The van der Waals surface area contributed by atoms with Crippen LogP contribution in [0.1, 0.15) is 77.9 Å². The molecule has 2 saturated heterocycles. The van der Waals surface area contributed by atoms with Crippen LogP contribution in [0.2, 0.25) is 0 Å². The Labute approximate surface area is 139 Å². The second-order valence-corrected chi connectivity index (χ2v) is 7.81. The molecule has 4 rings (SSSR count). The standard InChI is InChI=1S/C20H28N2O/c1-22-15-6-4-7-16(22)12-14(11-15)18-10-9-13-5-2-3-8-17(13)19(18)20(21)23/h9-10,14-16H,2-8,11-12H2,1H3,(H2,21,23). The normalized spacial score (nSPS) is 30.7.